The van der Waals surface area contributed by atoms with Crippen molar-refractivity contribution in [2.24, 2.45) is 0 Å². The van der Waals surface area contributed by atoms with Crippen LogP contribution in [0.25, 0.3) is 28.0 Å². The highest BCUT2D eigenvalue weighted by atomic mass is 15.4. The normalized spacial score (nSPS) is 12.0. The zero-order valence-electron chi connectivity index (χ0n) is 11.5. The molecule has 4 aromatic heterocycles. The predicted octanol–water partition coefficient (Wildman–Crippen LogP) is 1.12. The number of nitrogens with two attached hydrogens (primary N) is 1. The first-order chi connectivity index (χ1) is 10.2. The maximum Gasteiger partial charge on any atom is 0.188 e. The van der Waals surface area contributed by atoms with Gasteiger partial charge in [0.25, 0.3) is 0 Å². The van der Waals surface area contributed by atoms with Crippen molar-refractivity contribution >= 4 is 28.0 Å². The van der Waals surface area contributed by atoms with E-state index >= 15 is 0 Å². The van der Waals surface area contributed by atoms with Crippen molar-refractivity contribution < 1.29 is 0 Å². The van der Waals surface area contributed by atoms with E-state index in [-0.39, 0.29) is 5.92 Å². The summed E-state index contributed by atoms with van der Waals surface area (Å²) in [7, 11) is 0. The van der Waals surface area contributed by atoms with Crippen LogP contribution in [0.5, 0.6) is 0 Å². The molecule has 9 nitrogen and oxygen atoms in total. The van der Waals surface area contributed by atoms with Crippen molar-refractivity contribution in [1.29, 1.82) is 0 Å². The lowest BCUT2D eigenvalue weighted by Crippen LogP contribution is -2.03. The molecular weight excluding hydrogens is 270 g/mol. The number of aromatic amines is 2. The van der Waals surface area contributed by atoms with Crippen molar-refractivity contribution in [3.05, 3.63) is 18.3 Å². The third-order valence-corrected chi connectivity index (χ3v) is 3.39. The third-order valence-electron chi connectivity index (χ3n) is 3.39. The second-order valence-corrected chi connectivity index (χ2v) is 5.09. The SMILES string of the molecule is CC(C)c1nn(-c2ncnc3nc[nH]c23)c2n[nH]c(N)c12. The topological polar surface area (TPSA) is 127 Å². The Hall–Kier alpha value is -2.97. The molecule has 4 N–H and O–H groups in total. The number of anilines is 1. The first kappa shape index (κ1) is 11.8. The Morgan fingerprint density at radius 1 is 1.24 bits per heavy atom. The predicted molar refractivity (Wildman–Crippen MR) is 77.0 cm³/mol. The van der Waals surface area contributed by atoms with E-state index in [2.05, 4.69) is 49.1 Å². The molecule has 0 aliphatic rings. The highest BCUT2D eigenvalue weighted by Gasteiger charge is 2.21. The number of imidazole rings is 1. The van der Waals surface area contributed by atoms with E-state index in [0.29, 0.717) is 28.4 Å². The van der Waals surface area contributed by atoms with Crippen LogP contribution >= 0.6 is 0 Å². The molecule has 9 heteroatoms. The Bertz CT molecular complexity index is 942. The second-order valence-electron chi connectivity index (χ2n) is 5.09. The Balaban J connectivity index is 2.09. The van der Waals surface area contributed by atoms with Gasteiger partial charge in [0.05, 0.1) is 17.4 Å². The molecule has 4 heterocycles. The first-order valence-corrected chi connectivity index (χ1v) is 6.53. The number of rotatable bonds is 2. The van der Waals surface area contributed by atoms with E-state index in [9.17, 15) is 0 Å². The fraction of sp³-hybridized carbons (Fsp3) is 0.250. The molecule has 0 atom stereocenters. The molecule has 0 unspecified atom stereocenters. The number of H-pyrrole nitrogens is 2. The standard InChI is InChI=1S/C12H13N9/c1-5(2)7-6-9(13)18-19-11(6)21(20-7)12-8-10(15-3-14-8)16-4-17-12/h3-5H,1-2H3,(H3,13,18,19)(H,14,15,16,17). The Morgan fingerprint density at radius 3 is 2.90 bits per heavy atom. The first-order valence-electron chi connectivity index (χ1n) is 6.53. The van der Waals surface area contributed by atoms with Crippen molar-refractivity contribution in [2.75, 3.05) is 5.73 Å². The van der Waals surface area contributed by atoms with Gasteiger partial charge < -0.3 is 10.7 Å². The third kappa shape index (κ3) is 1.54. The molecule has 0 amide bonds. The van der Waals surface area contributed by atoms with E-state index in [4.69, 9.17) is 5.73 Å². The Kier molecular flexibility index (Phi) is 2.26. The zero-order chi connectivity index (χ0) is 14.6. The van der Waals surface area contributed by atoms with Gasteiger partial charge in [-0.3, -0.25) is 5.10 Å². The molecule has 0 aliphatic heterocycles. The molecular formula is C12H13N9. The van der Waals surface area contributed by atoms with E-state index in [1.54, 1.807) is 11.0 Å². The summed E-state index contributed by atoms with van der Waals surface area (Å²) >= 11 is 0. The maximum absolute atomic E-state index is 5.97. The van der Waals surface area contributed by atoms with Gasteiger partial charge in [0.2, 0.25) is 0 Å². The lowest BCUT2D eigenvalue weighted by atomic mass is 10.1. The minimum Gasteiger partial charge on any atom is -0.383 e. The number of nitrogens with zero attached hydrogens (tertiary/aromatic N) is 6. The lowest BCUT2D eigenvalue weighted by Gasteiger charge is -2.02. The summed E-state index contributed by atoms with van der Waals surface area (Å²) in [5, 5.41) is 12.5. The van der Waals surface area contributed by atoms with Crippen molar-refractivity contribution in [3.8, 4) is 5.82 Å². The molecule has 0 fully saturated rings. The summed E-state index contributed by atoms with van der Waals surface area (Å²) in [6.45, 7) is 4.12. The zero-order valence-corrected chi connectivity index (χ0v) is 11.5. The quantitative estimate of drug-likeness (QED) is 0.506. The van der Waals surface area contributed by atoms with E-state index in [0.717, 1.165) is 11.1 Å². The van der Waals surface area contributed by atoms with E-state index in [1.807, 2.05) is 0 Å². The van der Waals surface area contributed by atoms with Crippen LogP contribution in [0.15, 0.2) is 12.7 Å². The molecule has 0 aliphatic carbocycles. The number of nitrogen functional groups attached to an aromatic ring is 1. The summed E-state index contributed by atoms with van der Waals surface area (Å²) in [6, 6.07) is 0. The van der Waals surface area contributed by atoms with Crippen LogP contribution in [0.1, 0.15) is 25.5 Å². The van der Waals surface area contributed by atoms with Crippen molar-refractivity contribution in [3.63, 3.8) is 0 Å². The summed E-state index contributed by atoms with van der Waals surface area (Å²) in [6.07, 6.45) is 3.03. The lowest BCUT2D eigenvalue weighted by molar-refractivity contribution is 0.763. The van der Waals surface area contributed by atoms with E-state index in [1.165, 1.54) is 6.33 Å². The van der Waals surface area contributed by atoms with Gasteiger partial charge in [-0.05, 0) is 5.92 Å². The molecule has 0 bridgehead atoms. The molecule has 0 aromatic carbocycles. The monoisotopic (exact) mass is 283 g/mol. The van der Waals surface area contributed by atoms with Crippen LogP contribution in [0.2, 0.25) is 0 Å². The molecule has 0 saturated carbocycles. The maximum atomic E-state index is 5.97. The van der Waals surface area contributed by atoms with Gasteiger partial charge in [-0.2, -0.15) is 14.9 Å². The Labute approximate surface area is 118 Å². The van der Waals surface area contributed by atoms with Crippen LogP contribution in [0.3, 0.4) is 0 Å². The van der Waals surface area contributed by atoms with Gasteiger partial charge in [0.1, 0.15) is 17.7 Å². The molecule has 0 spiro atoms. The fourth-order valence-electron chi connectivity index (χ4n) is 2.42. The van der Waals surface area contributed by atoms with Crippen LogP contribution in [-0.4, -0.2) is 39.9 Å². The van der Waals surface area contributed by atoms with Crippen LogP contribution in [-0.2, 0) is 0 Å². The largest absolute Gasteiger partial charge is 0.383 e. The minimum absolute atomic E-state index is 0.216. The summed E-state index contributed by atoms with van der Waals surface area (Å²) in [4.78, 5) is 15.6. The fourth-order valence-corrected chi connectivity index (χ4v) is 2.42. The van der Waals surface area contributed by atoms with Gasteiger partial charge in [0, 0.05) is 0 Å². The molecule has 4 rings (SSSR count). The number of fused-ring (bicyclic) bond motifs is 2. The number of aromatic nitrogens is 8. The average Bonchev–Trinajstić information content (AvgIpc) is 3.14. The number of hydrogen-bond acceptors (Lipinski definition) is 6. The summed E-state index contributed by atoms with van der Waals surface area (Å²) in [5.74, 6) is 1.32. The smallest absolute Gasteiger partial charge is 0.188 e. The van der Waals surface area contributed by atoms with E-state index < -0.39 is 0 Å². The van der Waals surface area contributed by atoms with Gasteiger partial charge in [-0.1, -0.05) is 13.8 Å². The second kappa shape index (κ2) is 4.01. The summed E-state index contributed by atoms with van der Waals surface area (Å²) < 4.78 is 1.67. The average molecular weight is 283 g/mol. The number of nitrogens with one attached hydrogen (secondary N) is 2. The number of hydrogen-bond donors (Lipinski definition) is 3. The van der Waals surface area contributed by atoms with Crippen LogP contribution in [0, 0.1) is 0 Å². The van der Waals surface area contributed by atoms with Gasteiger partial charge >= 0.3 is 0 Å². The minimum atomic E-state index is 0.216. The molecule has 0 saturated heterocycles. The highest BCUT2D eigenvalue weighted by molar-refractivity contribution is 5.91. The molecule has 21 heavy (non-hydrogen) atoms. The highest BCUT2D eigenvalue weighted by Crippen LogP contribution is 2.30. The van der Waals surface area contributed by atoms with Gasteiger partial charge in [-0.25, -0.2) is 15.0 Å². The molecule has 0 radical (unpaired) electrons. The van der Waals surface area contributed by atoms with Gasteiger partial charge in [-0.15, -0.1) is 0 Å². The van der Waals surface area contributed by atoms with Crippen molar-refractivity contribution in [1.82, 2.24) is 39.9 Å². The van der Waals surface area contributed by atoms with Gasteiger partial charge in [0.15, 0.2) is 17.1 Å². The van der Waals surface area contributed by atoms with Crippen molar-refractivity contribution in [2.45, 2.75) is 19.8 Å². The Morgan fingerprint density at radius 2 is 2.10 bits per heavy atom. The summed E-state index contributed by atoms with van der Waals surface area (Å²) in [5.41, 5.74) is 8.79. The molecule has 4 aromatic rings. The van der Waals surface area contributed by atoms with Crippen LogP contribution in [0.4, 0.5) is 5.82 Å². The molecule has 106 valence electrons. The van der Waals surface area contributed by atoms with Crippen LogP contribution < -0.4 is 5.73 Å².